The zero-order valence-corrected chi connectivity index (χ0v) is 20.2. The van der Waals surface area contributed by atoms with Crippen LogP contribution >= 0.6 is 35.1 Å². The molecule has 0 saturated heterocycles. The maximum atomic E-state index is 12.4. The molecule has 0 bridgehead atoms. The molecule has 2 amide bonds. The number of thioether (sulfide) groups is 2. The van der Waals surface area contributed by atoms with Crippen molar-refractivity contribution in [1.29, 1.82) is 5.26 Å². The fraction of sp³-hybridized carbons (Fsp3) is 0.182. The minimum Gasteiger partial charge on any atom is -0.497 e. The lowest BCUT2D eigenvalue weighted by Crippen LogP contribution is -2.16. The molecule has 1 heterocycles. The second-order valence-corrected chi connectivity index (χ2v) is 9.25. The highest BCUT2D eigenvalue weighted by atomic mass is 32.2. The molecule has 8 nitrogen and oxygen atoms in total. The first-order valence-electron chi connectivity index (χ1n) is 9.55. The highest BCUT2D eigenvalue weighted by molar-refractivity contribution is 8.00. The van der Waals surface area contributed by atoms with E-state index in [9.17, 15) is 14.9 Å². The first-order chi connectivity index (χ1) is 16.0. The summed E-state index contributed by atoms with van der Waals surface area (Å²) in [6.07, 6.45) is 0. The Bertz CT molecular complexity index is 1090. The van der Waals surface area contributed by atoms with Gasteiger partial charge in [-0.3, -0.25) is 9.59 Å². The Labute approximate surface area is 203 Å². The zero-order chi connectivity index (χ0) is 23.6. The van der Waals surface area contributed by atoms with Crippen molar-refractivity contribution in [1.82, 2.24) is 4.37 Å². The van der Waals surface area contributed by atoms with E-state index in [1.165, 1.54) is 23.5 Å². The van der Waals surface area contributed by atoms with Crippen LogP contribution in [0.15, 0.2) is 58.3 Å². The number of nitrogens with zero attached hydrogens (tertiary/aromatic N) is 2. The van der Waals surface area contributed by atoms with Gasteiger partial charge in [0, 0.05) is 9.79 Å². The number of anilines is 2. The highest BCUT2D eigenvalue weighted by Gasteiger charge is 2.18. The number of nitrogens with one attached hydrogen (secondary N) is 2. The molecule has 0 atom stereocenters. The number of hydrogen-bond donors (Lipinski definition) is 2. The van der Waals surface area contributed by atoms with Gasteiger partial charge < -0.3 is 20.1 Å². The van der Waals surface area contributed by atoms with E-state index in [-0.39, 0.29) is 34.7 Å². The lowest BCUT2D eigenvalue weighted by atomic mass is 10.3. The predicted molar refractivity (Wildman–Crippen MR) is 132 cm³/mol. The van der Waals surface area contributed by atoms with Crippen LogP contribution in [-0.4, -0.2) is 41.9 Å². The van der Waals surface area contributed by atoms with Crippen LogP contribution in [0.3, 0.4) is 0 Å². The maximum absolute atomic E-state index is 12.4. The summed E-state index contributed by atoms with van der Waals surface area (Å²) in [4.78, 5) is 26.5. The summed E-state index contributed by atoms with van der Waals surface area (Å²) in [5, 5.41) is 15.2. The molecule has 0 radical (unpaired) electrons. The Kier molecular flexibility index (Phi) is 9.00. The summed E-state index contributed by atoms with van der Waals surface area (Å²) in [6, 6.07) is 16.8. The van der Waals surface area contributed by atoms with Crippen LogP contribution in [0.25, 0.3) is 0 Å². The molecular weight excluding hydrogens is 480 g/mol. The number of ether oxygens (including phenoxy) is 2. The third kappa shape index (κ3) is 7.15. The number of rotatable bonds is 10. The molecule has 11 heteroatoms. The number of hydrogen-bond acceptors (Lipinski definition) is 9. The maximum Gasteiger partial charge on any atom is 0.235 e. The Morgan fingerprint density at radius 1 is 0.970 bits per heavy atom. The quantitative estimate of drug-likeness (QED) is 0.392. The van der Waals surface area contributed by atoms with Crippen LogP contribution in [-0.2, 0) is 9.59 Å². The molecule has 2 aromatic carbocycles. The van der Waals surface area contributed by atoms with Crippen molar-refractivity contribution >= 4 is 57.7 Å². The lowest BCUT2D eigenvalue weighted by molar-refractivity contribution is -0.114. The number of benzene rings is 2. The second-order valence-electron chi connectivity index (χ2n) is 6.38. The highest BCUT2D eigenvalue weighted by Crippen LogP contribution is 2.29. The zero-order valence-electron chi connectivity index (χ0n) is 17.8. The molecule has 0 aliphatic rings. The van der Waals surface area contributed by atoms with E-state index >= 15 is 0 Å². The van der Waals surface area contributed by atoms with Crippen LogP contribution in [0.4, 0.5) is 10.8 Å². The van der Waals surface area contributed by atoms with E-state index in [2.05, 4.69) is 15.0 Å². The van der Waals surface area contributed by atoms with Gasteiger partial charge >= 0.3 is 0 Å². The first-order valence-corrected chi connectivity index (χ1v) is 12.3. The minimum atomic E-state index is -0.309. The molecule has 0 fully saturated rings. The SMILES string of the molecule is COc1cccc(SCC(=O)Nc2nsc(NC(=O)CSc3cccc(OC)c3)c2C#N)c1. The molecule has 170 valence electrons. The second kappa shape index (κ2) is 12.2. The lowest BCUT2D eigenvalue weighted by Gasteiger charge is -2.06. The van der Waals surface area contributed by atoms with Crippen LogP contribution in [0.5, 0.6) is 11.5 Å². The molecule has 0 spiro atoms. The standard InChI is InChI=1S/C22H20N4O4S3/c1-29-14-5-3-7-16(9-14)31-12-19(27)24-21-18(11-23)22(33-26-21)25-20(28)13-32-17-8-4-6-15(10-17)30-2/h3-10H,12-13H2,1-2H3,(H,25,28)(H,24,26,27). The van der Waals surface area contributed by atoms with E-state index in [1.807, 2.05) is 54.6 Å². The molecule has 0 aliphatic carbocycles. The Hall–Kier alpha value is -3.20. The normalized spacial score (nSPS) is 10.2. The molecule has 0 aliphatic heterocycles. The Morgan fingerprint density at radius 3 is 2.03 bits per heavy atom. The average Bonchev–Trinajstić information content (AvgIpc) is 3.22. The topological polar surface area (TPSA) is 113 Å². The number of aromatic nitrogens is 1. The minimum absolute atomic E-state index is 0.125. The van der Waals surface area contributed by atoms with Crippen LogP contribution in [0, 0.1) is 11.3 Å². The number of carbonyl (C=O) groups excluding carboxylic acids is 2. The summed E-state index contributed by atoms with van der Waals surface area (Å²) < 4.78 is 14.5. The summed E-state index contributed by atoms with van der Waals surface area (Å²) >= 11 is 3.62. The fourth-order valence-corrected chi connectivity index (χ4v) is 4.78. The summed E-state index contributed by atoms with van der Waals surface area (Å²) in [5.41, 5.74) is 0.125. The molecule has 3 aromatic rings. The van der Waals surface area contributed by atoms with Gasteiger partial charge in [0.15, 0.2) is 5.82 Å². The summed E-state index contributed by atoms with van der Waals surface area (Å²) in [6.45, 7) is 0. The van der Waals surface area contributed by atoms with Crippen LogP contribution in [0.2, 0.25) is 0 Å². The van der Waals surface area contributed by atoms with Crippen LogP contribution < -0.4 is 20.1 Å². The first kappa shape index (κ1) is 24.4. The monoisotopic (exact) mass is 500 g/mol. The van der Waals surface area contributed by atoms with Crippen molar-refractivity contribution in [3.63, 3.8) is 0 Å². The number of amides is 2. The van der Waals surface area contributed by atoms with Gasteiger partial charge in [-0.1, -0.05) is 12.1 Å². The van der Waals surface area contributed by atoms with Gasteiger partial charge in [-0.2, -0.15) is 9.64 Å². The molecule has 0 saturated carbocycles. The third-order valence-electron chi connectivity index (χ3n) is 4.14. The number of nitriles is 1. The van der Waals surface area contributed by atoms with Gasteiger partial charge in [-0.25, -0.2) is 0 Å². The number of carbonyl (C=O) groups is 2. The molecule has 3 rings (SSSR count). The molecule has 33 heavy (non-hydrogen) atoms. The van der Waals surface area contributed by atoms with E-state index in [4.69, 9.17) is 9.47 Å². The summed E-state index contributed by atoms with van der Waals surface area (Å²) in [5.74, 6) is 1.24. The van der Waals surface area contributed by atoms with Crippen molar-refractivity contribution in [2.45, 2.75) is 9.79 Å². The average molecular weight is 501 g/mol. The van der Waals surface area contributed by atoms with Crippen LogP contribution in [0.1, 0.15) is 5.56 Å². The van der Waals surface area contributed by atoms with E-state index in [1.54, 1.807) is 14.2 Å². The van der Waals surface area contributed by atoms with Gasteiger partial charge in [0.1, 0.15) is 28.1 Å². The van der Waals surface area contributed by atoms with Crippen molar-refractivity contribution in [3.05, 3.63) is 54.1 Å². The predicted octanol–water partition coefficient (Wildman–Crippen LogP) is 4.49. The van der Waals surface area contributed by atoms with Crippen molar-refractivity contribution in [2.24, 2.45) is 0 Å². The van der Waals surface area contributed by atoms with Gasteiger partial charge in [0.2, 0.25) is 11.8 Å². The van der Waals surface area contributed by atoms with Crippen molar-refractivity contribution in [2.75, 3.05) is 36.4 Å². The van der Waals surface area contributed by atoms with Gasteiger partial charge in [-0.05, 0) is 47.9 Å². The third-order valence-corrected chi connectivity index (χ3v) is 6.89. The van der Waals surface area contributed by atoms with Gasteiger partial charge in [-0.15, -0.1) is 23.5 Å². The van der Waals surface area contributed by atoms with Gasteiger partial charge in [0.05, 0.1) is 25.7 Å². The molecule has 1 aromatic heterocycles. The Morgan fingerprint density at radius 2 is 1.52 bits per heavy atom. The fourth-order valence-electron chi connectivity index (χ4n) is 2.58. The van der Waals surface area contributed by atoms with E-state index in [0.717, 1.165) is 21.3 Å². The van der Waals surface area contributed by atoms with Gasteiger partial charge in [0.25, 0.3) is 0 Å². The summed E-state index contributed by atoms with van der Waals surface area (Å²) in [7, 11) is 3.16. The van der Waals surface area contributed by atoms with E-state index < -0.39 is 0 Å². The van der Waals surface area contributed by atoms with Crippen molar-refractivity contribution in [3.8, 4) is 17.6 Å². The number of methoxy groups -OCH3 is 2. The molecule has 0 unspecified atom stereocenters. The van der Waals surface area contributed by atoms with E-state index in [0.29, 0.717) is 16.5 Å². The Balaban J connectivity index is 1.54. The molecular formula is C22H20N4O4S3. The van der Waals surface area contributed by atoms with Crippen molar-refractivity contribution < 1.29 is 19.1 Å². The largest absolute Gasteiger partial charge is 0.497 e. The molecule has 2 N–H and O–H groups in total. The smallest absolute Gasteiger partial charge is 0.235 e.